The summed E-state index contributed by atoms with van der Waals surface area (Å²) >= 11 is 0. The Balaban J connectivity index is 1.31. The smallest absolute Gasteiger partial charge is 0.407 e. The molecule has 1 aliphatic carbocycles. The highest BCUT2D eigenvalue weighted by Crippen LogP contribution is 2.44. The van der Waals surface area contributed by atoms with Gasteiger partial charge in [-0.2, -0.15) is 0 Å². The first kappa shape index (κ1) is 20.9. The Labute approximate surface area is 183 Å². The zero-order valence-corrected chi connectivity index (χ0v) is 16.9. The Morgan fingerprint density at radius 2 is 1.53 bits per heavy atom. The third-order valence-corrected chi connectivity index (χ3v) is 5.25. The SMILES string of the molecule is O=C(CNC(=O)OCC1c2ccccc2-c2ccccc21)Nc1ccc(C(=O)O)c(O)c1. The number of benzene rings is 3. The maximum Gasteiger partial charge on any atom is 0.407 e. The van der Waals surface area contributed by atoms with Crippen LogP contribution in [-0.4, -0.2) is 41.3 Å². The monoisotopic (exact) mass is 432 g/mol. The average molecular weight is 432 g/mol. The summed E-state index contributed by atoms with van der Waals surface area (Å²) in [5.41, 5.74) is 4.33. The molecule has 0 unspecified atom stereocenters. The third-order valence-electron chi connectivity index (χ3n) is 5.25. The highest BCUT2D eigenvalue weighted by Gasteiger charge is 2.29. The first-order valence-electron chi connectivity index (χ1n) is 9.89. The highest BCUT2D eigenvalue weighted by atomic mass is 16.5. The van der Waals surface area contributed by atoms with Gasteiger partial charge in [-0.1, -0.05) is 48.5 Å². The van der Waals surface area contributed by atoms with E-state index >= 15 is 0 Å². The van der Waals surface area contributed by atoms with E-state index in [0.29, 0.717) is 0 Å². The third kappa shape index (κ3) is 4.24. The second-order valence-corrected chi connectivity index (χ2v) is 7.26. The van der Waals surface area contributed by atoms with E-state index < -0.39 is 23.7 Å². The van der Waals surface area contributed by atoms with Crippen LogP contribution in [0.25, 0.3) is 11.1 Å². The predicted octanol–water partition coefficient (Wildman–Crippen LogP) is 3.57. The van der Waals surface area contributed by atoms with E-state index in [2.05, 4.69) is 10.6 Å². The minimum Gasteiger partial charge on any atom is -0.507 e. The molecule has 0 aromatic heterocycles. The van der Waals surface area contributed by atoms with Crippen LogP contribution in [0.15, 0.2) is 66.7 Å². The molecule has 4 rings (SSSR count). The van der Waals surface area contributed by atoms with Crippen molar-refractivity contribution in [3.8, 4) is 16.9 Å². The van der Waals surface area contributed by atoms with Gasteiger partial charge < -0.3 is 25.6 Å². The maximum atomic E-state index is 12.1. The number of carboxylic acid groups (broad SMARTS) is 1. The Bertz CT molecular complexity index is 1160. The number of amides is 2. The van der Waals surface area contributed by atoms with Crippen LogP contribution in [0, 0.1) is 0 Å². The van der Waals surface area contributed by atoms with E-state index in [4.69, 9.17) is 9.84 Å². The van der Waals surface area contributed by atoms with Gasteiger partial charge in [0.15, 0.2) is 0 Å². The molecule has 0 radical (unpaired) electrons. The molecule has 0 saturated heterocycles. The Morgan fingerprint density at radius 3 is 2.12 bits per heavy atom. The Hall–Kier alpha value is -4.33. The number of ether oxygens (including phenoxy) is 1. The van der Waals surface area contributed by atoms with E-state index in [0.717, 1.165) is 28.3 Å². The van der Waals surface area contributed by atoms with Gasteiger partial charge in [-0.3, -0.25) is 4.79 Å². The van der Waals surface area contributed by atoms with Gasteiger partial charge in [0, 0.05) is 17.7 Å². The Morgan fingerprint density at radius 1 is 0.906 bits per heavy atom. The normalized spacial score (nSPS) is 11.9. The molecule has 4 N–H and O–H groups in total. The summed E-state index contributed by atoms with van der Waals surface area (Å²) < 4.78 is 5.37. The fourth-order valence-electron chi connectivity index (χ4n) is 3.80. The summed E-state index contributed by atoms with van der Waals surface area (Å²) in [7, 11) is 0. The molecule has 32 heavy (non-hydrogen) atoms. The van der Waals surface area contributed by atoms with Gasteiger partial charge >= 0.3 is 12.1 Å². The molecule has 0 bridgehead atoms. The number of aromatic hydroxyl groups is 1. The first-order valence-corrected chi connectivity index (χ1v) is 9.89. The number of nitrogens with one attached hydrogen (secondary N) is 2. The molecule has 0 saturated carbocycles. The number of carbonyl (C=O) groups is 3. The zero-order valence-electron chi connectivity index (χ0n) is 16.9. The summed E-state index contributed by atoms with van der Waals surface area (Å²) in [5, 5.41) is 23.5. The number of phenols is 1. The lowest BCUT2D eigenvalue weighted by atomic mass is 9.98. The lowest BCUT2D eigenvalue weighted by molar-refractivity contribution is -0.115. The highest BCUT2D eigenvalue weighted by molar-refractivity contribution is 5.96. The van der Waals surface area contributed by atoms with Gasteiger partial charge in [-0.15, -0.1) is 0 Å². The fraction of sp³-hybridized carbons (Fsp3) is 0.125. The minimum absolute atomic E-state index is 0.0855. The van der Waals surface area contributed by atoms with E-state index in [1.807, 2.05) is 48.5 Å². The fourth-order valence-corrected chi connectivity index (χ4v) is 3.80. The quantitative estimate of drug-likeness (QED) is 0.472. The first-order chi connectivity index (χ1) is 15.4. The molecule has 0 fully saturated rings. The topological polar surface area (TPSA) is 125 Å². The van der Waals surface area contributed by atoms with E-state index in [1.54, 1.807) is 0 Å². The number of hydrogen-bond donors (Lipinski definition) is 4. The van der Waals surface area contributed by atoms with Crippen LogP contribution in [0.4, 0.5) is 10.5 Å². The van der Waals surface area contributed by atoms with Gasteiger partial charge in [0.1, 0.15) is 24.5 Å². The van der Waals surface area contributed by atoms with Gasteiger partial charge in [0.05, 0.1) is 0 Å². The molecule has 0 aliphatic heterocycles. The van der Waals surface area contributed by atoms with E-state index in [-0.39, 0.29) is 30.3 Å². The lowest BCUT2D eigenvalue weighted by Gasteiger charge is -2.14. The number of aromatic carboxylic acids is 1. The van der Waals surface area contributed by atoms with Gasteiger partial charge in [0.2, 0.25) is 5.91 Å². The summed E-state index contributed by atoms with van der Waals surface area (Å²) in [5.74, 6) is -2.39. The van der Waals surface area contributed by atoms with Gasteiger partial charge in [0.25, 0.3) is 0 Å². The molecule has 0 heterocycles. The molecule has 162 valence electrons. The lowest BCUT2D eigenvalue weighted by Crippen LogP contribution is -2.34. The second kappa shape index (κ2) is 8.81. The molecule has 0 atom stereocenters. The van der Waals surface area contributed by atoms with Crippen LogP contribution < -0.4 is 10.6 Å². The molecule has 8 heteroatoms. The number of anilines is 1. The van der Waals surface area contributed by atoms with Crippen molar-refractivity contribution in [1.82, 2.24) is 5.32 Å². The van der Waals surface area contributed by atoms with Crippen molar-refractivity contribution in [3.63, 3.8) is 0 Å². The van der Waals surface area contributed by atoms with Crippen molar-refractivity contribution in [1.29, 1.82) is 0 Å². The second-order valence-electron chi connectivity index (χ2n) is 7.26. The summed E-state index contributed by atoms with van der Waals surface area (Å²) in [4.78, 5) is 35.1. The van der Waals surface area contributed by atoms with Crippen LogP contribution in [0.3, 0.4) is 0 Å². The molecule has 3 aromatic rings. The van der Waals surface area contributed by atoms with Crippen LogP contribution in [0.2, 0.25) is 0 Å². The molecular formula is C24H20N2O6. The maximum absolute atomic E-state index is 12.1. The predicted molar refractivity (Wildman–Crippen MR) is 117 cm³/mol. The Kier molecular flexibility index (Phi) is 5.76. The van der Waals surface area contributed by atoms with E-state index in [1.165, 1.54) is 12.1 Å². The van der Waals surface area contributed by atoms with E-state index in [9.17, 15) is 19.5 Å². The number of hydrogen-bond acceptors (Lipinski definition) is 5. The molecule has 8 nitrogen and oxygen atoms in total. The minimum atomic E-state index is -1.28. The van der Waals surface area contributed by atoms with Crippen molar-refractivity contribution in [3.05, 3.63) is 83.4 Å². The number of alkyl carbamates (subject to hydrolysis) is 1. The summed E-state index contributed by atoms with van der Waals surface area (Å²) in [6, 6.07) is 19.6. The largest absolute Gasteiger partial charge is 0.507 e. The average Bonchev–Trinajstić information content (AvgIpc) is 3.10. The molecule has 0 spiro atoms. The molecular weight excluding hydrogens is 412 g/mol. The van der Waals surface area contributed by atoms with Crippen molar-refractivity contribution in [2.45, 2.75) is 5.92 Å². The van der Waals surface area contributed by atoms with Gasteiger partial charge in [-0.05, 0) is 34.4 Å². The van der Waals surface area contributed by atoms with Crippen molar-refractivity contribution < 1.29 is 29.3 Å². The molecule has 2 amide bonds. The molecule has 1 aliphatic rings. The van der Waals surface area contributed by atoms with Crippen LogP contribution in [0.5, 0.6) is 5.75 Å². The zero-order chi connectivity index (χ0) is 22.7. The van der Waals surface area contributed by atoms with Crippen molar-refractivity contribution in [2.75, 3.05) is 18.5 Å². The van der Waals surface area contributed by atoms with Crippen LogP contribution >= 0.6 is 0 Å². The van der Waals surface area contributed by atoms with Crippen LogP contribution in [-0.2, 0) is 9.53 Å². The molecule has 3 aromatic carbocycles. The van der Waals surface area contributed by atoms with Gasteiger partial charge in [-0.25, -0.2) is 9.59 Å². The van der Waals surface area contributed by atoms with Crippen molar-refractivity contribution >= 4 is 23.7 Å². The number of carboxylic acids is 1. The van der Waals surface area contributed by atoms with Crippen molar-refractivity contribution in [2.24, 2.45) is 0 Å². The number of carbonyl (C=O) groups excluding carboxylic acids is 2. The number of fused-ring (bicyclic) bond motifs is 3. The summed E-state index contributed by atoms with van der Waals surface area (Å²) in [6.45, 7) is -0.218. The standard InChI is InChI=1S/C24H20N2O6/c27-21-11-14(9-10-19(21)23(29)30)26-22(28)12-25-24(31)32-13-20-17-7-3-1-5-15(17)16-6-2-4-8-18(16)20/h1-11,20,27H,12-13H2,(H,25,31)(H,26,28)(H,29,30). The summed E-state index contributed by atoms with van der Waals surface area (Å²) in [6.07, 6.45) is -0.730. The van der Waals surface area contributed by atoms with Crippen LogP contribution in [0.1, 0.15) is 27.4 Å². The number of rotatable bonds is 6.